The summed E-state index contributed by atoms with van der Waals surface area (Å²) < 4.78 is 44.8. The highest BCUT2D eigenvalue weighted by molar-refractivity contribution is 7.18. The number of ether oxygens (including phenoxy) is 1. The van der Waals surface area contributed by atoms with Crippen molar-refractivity contribution in [3.8, 4) is 5.75 Å². The van der Waals surface area contributed by atoms with Gasteiger partial charge in [-0.15, -0.1) is 11.3 Å². The summed E-state index contributed by atoms with van der Waals surface area (Å²) in [4.78, 5) is 6.46. The maximum Gasteiger partial charge on any atom is 0.416 e. The second-order valence-electron chi connectivity index (χ2n) is 6.75. The molecule has 2 aromatic carbocycles. The number of aromatic nitrogens is 1. The SMILES string of the molecule is OCCN(CCO)CCOc1ccc2nc(Cc3ccc(C(F)(F)F)cc3)sc2c1. The van der Waals surface area contributed by atoms with Gasteiger partial charge in [0.15, 0.2) is 0 Å². The molecule has 0 aliphatic heterocycles. The highest BCUT2D eigenvalue weighted by Gasteiger charge is 2.29. The maximum atomic E-state index is 12.7. The number of thiazole rings is 1. The minimum absolute atomic E-state index is 0.0224. The number of alkyl halides is 3. The highest BCUT2D eigenvalue weighted by atomic mass is 32.1. The normalized spacial score (nSPS) is 12.1. The van der Waals surface area contributed by atoms with Gasteiger partial charge in [0, 0.05) is 26.1 Å². The molecule has 3 aromatic rings. The fourth-order valence-electron chi connectivity index (χ4n) is 3.02. The number of aliphatic hydroxyl groups excluding tert-OH is 2. The van der Waals surface area contributed by atoms with E-state index in [0.29, 0.717) is 38.4 Å². The summed E-state index contributed by atoms with van der Waals surface area (Å²) >= 11 is 1.48. The van der Waals surface area contributed by atoms with E-state index < -0.39 is 11.7 Å². The van der Waals surface area contributed by atoms with Crippen LogP contribution < -0.4 is 4.74 Å². The van der Waals surface area contributed by atoms with Gasteiger partial charge < -0.3 is 14.9 Å². The van der Waals surface area contributed by atoms with Crippen molar-refractivity contribution < 1.29 is 28.1 Å². The standard InChI is InChI=1S/C21H23F3N2O3S/c22-21(23,24)16-3-1-15(2-4-16)13-20-25-18-6-5-17(14-19(18)30-20)29-12-9-26(7-10-27)8-11-28/h1-6,14,27-28H,7-13H2. The van der Waals surface area contributed by atoms with Gasteiger partial charge in [-0.2, -0.15) is 13.2 Å². The Morgan fingerprint density at radius 3 is 2.30 bits per heavy atom. The predicted molar refractivity (Wildman–Crippen MR) is 110 cm³/mol. The largest absolute Gasteiger partial charge is 0.492 e. The molecular formula is C21H23F3N2O3S. The highest BCUT2D eigenvalue weighted by Crippen LogP contribution is 2.31. The lowest BCUT2D eigenvalue weighted by atomic mass is 10.1. The summed E-state index contributed by atoms with van der Waals surface area (Å²) in [5.74, 6) is 0.695. The number of hydrogen-bond donors (Lipinski definition) is 2. The second-order valence-corrected chi connectivity index (χ2v) is 7.86. The lowest BCUT2D eigenvalue weighted by Crippen LogP contribution is -2.33. The van der Waals surface area contributed by atoms with Crippen LogP contribution in [-0.2, 0) is 12.6 Å². The minimum Gasteiger partial charge on any atom is -0.492 e. The van der Waals surface area contributed by atoms with E-state index in [1.165, 1.54) is 23.5 Å². The van der Waals surface area contributed by atoms with Crippen LogP contribution in [0.15, 0.2) is 42.5 Å². The molecule has 0 bridgehead atoms. The van der Waals surface area contributed by atoms with Gasteiger partial charge in [0.2, 0.25) is 0 Å². The third kappa shape index (κ3) is 6.15. The van der Waals surface area contributed by atoms with Crippen molar-refractivity contribution in [2.45, 2.75) is 12.6 Å². The zero-order valence-electron chi connectivity index (χ0n) is 16.2. The van der Waals surface area contributed by atoms with Crippen molar-refractivity contribution in [1.29, 1.82) is 0 Å². The molecule has 2 N–H and O–H groups in total. The molecule has 0 spiro atoms. The van der Waals surface area contributed by atoms with Crippen molar-refractivity contribution >= 4 is 21.6 Å². The molecule has 0 aliphatic rings. The van der Waals surface area contributed by atoms with Gasteiger partial charge in [0.25, 0.3) is 0 Å². The molecule has 0 radical (unpaired) electrons. The quantitative estimate of drug-likeness (QED) is 0.505. The molecule has 1 heterocycles. The molecule has 0 atom stereocenters. The molecule has 0 aliphatic carbocycles. The summed E-state index contributed by atoms with van der Waals surface area (Å²) in [6.07, 6.45) is -3.87. The molecule has 3 rings (SSSR count). The van der Waals surface area contributed by atoms with E-state index in [4.69, 9.17) is 14.9 Å². The lowest BCUT2D eigenvalue weighted by Gasteiger charge is -2.20. The minimum atomic E-state index is -4.34. The summed E-state index contributed by atoms with van der Waals surface area (Å²) in [5.41, 5.74) is 0.928. The monoisotopic (exact) mass is 440 g/mol. The Balaban J connectivity index is 1.61. The van der Waals surface area contributed by atoms with Gasteiger partial charge in [-0.05, 0) is 35.9 Å². The summed E-state index contributed by atoms with van der Waals surface area (Å²) in [6, 6.07) is 10.7. The van der Waals surface area contributed by atoms with Gasteiger partial charge in [-0.1, -0.05) is 12.1 Å². The smallest absolute Gasteiger partial charge is 0.416 e. The molecular weight excluding hydrogens is 417 g/mol. The van der Waals surface area contributed by atoms with Crippen LogP contribution in [0, 0.1) is 0 Å². The van der Waals surface area contributed by atoms with Crippen molar-refractivity contribution in [2.75, 3.05) is 39.5 Å². The third-order valence-corrected chi connectivity index (χ3v) is 5.57. The van der Waals surface area contributed by atoms with Crippen molar-refractivity contribution in [3.63, 3.8) is 0 Å². The summed E-state index contributed by atoms with van der Waals surface area (Å²) in [5, 5.41) is 18.9. The van der Waals surface area contributed by atoms with Crippen molar-refractivity contribution in [1.82, 2.24) is 9.88 Å². The average molecular weight is 440 g/mol. The van der Waals surface area contributed by atoms with Crippen LogP contribution in [0.1, 0.15) is 16.1 Å². The van der Waals surface area contributed by atoms with E-state index in [-0.39, 0.29) is 13.2 Å². The second kappa shape index (κ2) is 10.2. The first-order chi connectivity index (χ1) is 14.4. The Morgan fingerprint density at radius 2 is 1.67 bits per heavy atom. The van der Waals surface area contributed by atoms with Crippen LogP contribution in [0.25, 0.3) is 10.2 Å². The first-order valence-corrected chi connectivity index (χ1v) is 10.3. The number of fused-ring (bicyclic) bond motifs is 1. The van der Waals surface area contributed by atoms with Crippen LogP contribution in [0.3, 0.4) is 0 Å². The molecule has 9 heteroatoms. The number of benzene rings is 2. The number of halogens is 3. The van der Waals surface area contributed by atoms with E-state index in [0.717, 1.165) is 32.9 Å². The molecule has 0 saturated heterocycles. The fraction of sp³-hybridized carbons (Fsp3) is 0.381. The van der Waals surface area contributed by atoms with Crippen LogP contribution in [-0.4, -0.2) is 59.6 Å². The first kappa shape index (κ1) is 22.5. The zero-order valence-corrected chi connectivity index (χ0v) is 17.0. The predicted octanol–water partition coefficient (Wildman–Crippen LogP) is 3.57. The van der Waals surface area contributed by atoms with Gasteiger partial charge in [0.1, 0.15) is 12.4 Å². The molecule has 30 heavy (non-hydrogen) atoms. The molecule has 162 valence electrons. The van der Waals surface area contributed by atoms with E-state index in [2.05, 4.69) is 4.98 Å². The maximum absolute atomic E-state index is 12.7. The Kier molecular flexibility index (Phi) is 7.65. The molecule has 5 nitrogen and oxygen atoms in total. The number of nitrogens with zero attached hydrogens (tertiary/aromatic N) is 2. The summed E-state index contributed by atoms with van der Waals surface area (Å²) in [7, 11) is 0. The summed E-state index contributed by atoms with van der Waals surface area (Å²) in [6.45, 7) is 2.00. The van der Waals surface area contributed by atoms with Crippen LogP contribution in [0.4, 0.5) is 13.2 Å². The van der Waals surface area contributed by atoms with Crippen LogP contribution in [0.2, 0.25) is 0 Å². The number of hydrogen-bond acceptors (Lipinski definition) is 6. The Bertz CT molecular complexity index is 939. The Morgan fingerprint density at radius 1 is 0.967 bits per heavy atom. The average Bonchev–Trinajstić information content (AvgIpc) is 3.09. The van der Waals surface area contributed by atoms with Gasteiger partial charge in [-0.3, -0.25) is 4.90 Å². The molecule has 1 aromatic heterocycles. The van der Waals surface area contributed by atoms with E-state index in [1.54, 1.807) is 0 Å². The van der Waals surface area contributed by atoms with Crippen LogP contribution >= 0.6 is 11.3 Å². The molecule has 0 saturated carbocycles. The Labute approximate surface area is 176 Å². The molecule has 0 unspecified atom stereocenters. The molecule has 0 fully saturated rings. The topological polar surface area (TPSA) is 65.8 Å². The number of aliphatic hydroxyl groups is 2. The third-order valence-electron chi connectivity index (χ3n) is 4.55. The van der Waals surface area contributed by atoms with Gasteiger partial charge >= 0.3 is 6.18 Å². The number of rotatable bonds is 10. The van der Waals surface area contributed by atoms with Crippen molar-refractivity contribution in [3.05, 3.63) is 58.6 Å². The zero-order chi connectivity index (χ0) is 21.6. The van der Waals surface area contributed by atoms with Gasteiger partial charge in [0.05, 0.1) is 34.0 Å². The first-order valence-electron chi connectivity index (χ1n) is 9.51. The van der Waals surface area contributed by atoms with E-state index >= 15 is 0 Å². The Hall–Kier alpha value is -2.20. The van der Waals surface area contributed by atoms with E-state index in [1.807, 2.05) is 23.1 Å². The van der Waals surface area contributed by atoms with Crippen LogP contribution in [0.5, 0.6) is 5.75 Å². The van der Waals surface area contributed by atoms with E-state index in [9.17, 15) is 13.2 Å². The van der Waals surface area contributed by atoms with Gasteiger partial charge in [-0.25, -0.2) is 4.98 Å². The lowest BCUT2D eigenvalue weighted by molar-refractivity contribution is -0.137. The molecule has 0 amide bonds. The van der Waals surface area contributed by atoms with Crippen molar-refractivity contribution in [2.24, 2.45) is 0 Å². The fourth-order valence-corrected chi connectivity index (χ4v) is 4.05.